The Morgan fingerprint density at radius 2 is 2.13 bits per heavy atom. The standard InChI is InChI=1S/C14H18N4O4S/c1-3-5-15-12(21)16-10(19)7-18-11(20)14(2,17-13(18)22)9-4-6-23-8-9/h4,6,8H,3,5,7H2,1-2H3,(H,17,22)(H2,15,16,19,21). The van der Waals surface area contributed by atoms with Crippen LogP contribution in [-0.4, -0.2) is 41.9 Å². The van der Waals surface area contributed by atoms with Crippen LogP contribution < -0.4 is 16.0 Å². The second-order valence-corrected chi connectivity index (χ2v) is 6.04. The summed E-state index contributed by atoms with van der Waals surface area (Å²) in [6.45, 7) is 3.38. The van der Waals surface area contributed by atoms with E-state index in [1.54, 1.807) is 23.8 Å². The SMILES string of the molecule is CCCNC(=O)NC(=O)CN1C(=O)NC(C)(c2ccsc2)C1=O. The summed E-state index contributed by atoms with van der Waals surface area (Å²) < 4.78 is 0. The van der Waals surface area contributed by atoms with Gasteiger partial charge in [0.2, 0.25) is 5.91 Å². The third-order valence-electron chi connectivity index (χ3n) is 3.46. The lowest BCUT2D eigenvalue weighted by molar-refractivity contribution is -0.134. The van der Waals surface area contributed by atoms with Crippen molar-refractivity contribution in [1.29, 1.82) is 0 Å². The number of urea groups is 2. The van der Waals surface area contributed by atoms with Gasteiger partial charge in [0.25, 0.3) is 5.91 Å². The lowest BCUT2D eigenvalue weighted by atomic mass is 9.95. The Labute approximate surface area is 137 Å². The lowest BCUT2D eigenvalue weighted by Gasteiger charge is -2.20. The molecule has 1 atom stereocenters. The molecule has 9 heteroatoms. The van der Waals surface area contributed by atoms with E-state index in [2.05, 4.69) is 16.0 Å². The molecule has 0 radical (unpaired) electrons. The molecule has 1 fully saturated rings. The van der Waals surface area contributed by atoms with Crippen molar-refractivity contribution in [3.8, 4) is 0 Å². The molecule has 23 heavy (non-hydrogen) atoms. The molecular weight excluding hydrogens is 320 g/mol. The molecule has 1 aromatic rings. The summed E-state index contributed by atoms with van der Waals surface area (Å²) in [7, 11) is 0. The molecule has 1 aliphatic heterocycles. The number of carbonyl (C=O) groups is 4. The maximum atomic E-state index is 12.5. The Balaban J connectivity index is 2.01. The van der Waals surface area contributed by atoms with Crippen LogP contribution in [0, 0.1) is 0 Å². The summed E-state index contributed by atoms with van der Waals surface area (Å²) in [5.41, 5.74) is -0.536. The van der Waals surface area contributed by atoms with Gasteiger partial charge in [-0.15, -0.1) is 0 Å². The summed E-state index contributed by atoms with van der Waals surface area (Å²) in [6, 6.07) is 0.433. The minimum absolute atomic E-state index is 0.429. The number of amides is 6. The number of hydrogen-bond acceptors (Lipinski definition) is 5. The molecule has 8 nitrogen and oxygen atoms in total. The van der Waals surface area contributed by atoms with Crippen molar-refractivity contribution in [2.45, 2.75) is 25.8 Å². The smallest absolute Gasteiger partial charge is 0.325 e. The van der Waals surface area contributed by atoms with Gasteiger partial charge in [-0.2, -0.15) is 11.3 Å². The van der Waals surface area contributed by atoms with Crippen molar-refractivity contribution < 1.29 is 19.2 Å². The molecule has 124 valence electrons. The molecule has 1 aliphatic rings. The van der Waals surface area contributed by atoms with Gasteiger partial charge in [0.05, 0.1) is 0 Å². The van der Waals surface area contributed by atoms with E-state index in [4.69, 9.17) is 0 Å². The molecule has 0 bridgehead atoms. The Bertz CT molecular complexity index is 631. The minimum atomic E-state index is -1.19. The van der Waals surface area contributed by atoms with Crippen molar-refractivity contribution in [3.63, 3.8) is 0 Å². The molecule has 0 saturated carbocycles. The van der Waals surface area contributed by atoms with Crippen molar-refractivity contribution in [3.05, 3.63) is 22.4 Å². The predicted octanol–water partition coefficient (Wildman–Crippen LogP) is 0.751. The van der Waals surface area contributed by atoms with Crippen LogP contribution in [0.4, 0.5) is 9.59 Å². The maximum Gasteiger partial charge on any atom is 0.325 e. The minimum Gasteiger partial charge on any atom is -0.338 e. The number of hydrogen-bond donors (Lipinski definition) is 3. The number of rotatable bonds is 5. The zero-order chi connectivity index (χ0) is 17.0. The second-order valence-electron chi connectivity index (χ2n) is 5.26. The first-order valence-electron chi connectivity index (χ1n) is 7.13. The zero-order valence-corrected chi connectivity index (χ0v) is 13.7. The average Bonchev–Trinajstić information content (AvgIpc) is 3.10. The third kappa shape index (κ3) is 3.50. The fourth-order valence-electron chi connectivity index (χ4n) is 2.18. The Morgan fingerprint density at radius 3 is 2.74 bits per heavy atom. The van der Waals surface area contributed by atoms with Gasteiger partial charge in [-0.1, -0.05) is 6.92 Å². The quantitative estimate of drug-likeness (QED) is 0.689. The molecule has 1 aromatic heterocycles. The molecule has 2 rings (SSSR count). The van der Waals surface area contributed by atoms with Crippen LogP contribution in [0.1, 0.15) is 25.8 Å². The Morgan fingerprint density at radius 1 is 1.39 bits per heavy atom. The highest BCUT2D eigenvalue weighted by Crippen LogP contribution is 2.29. The summed E-state index contributed by atoms with van der Waals surface area (Å²) >= 11 is 1.41. The fourth-order valence-corrected chi connectivity index (χ4v) is 2.94. The monoisotopic (exact) mass is 338 g/mol. The largest absolute Gasteiger partial charge is 0.338 e. The van der Waals surface area contributed by atoms with Crippen molar-refractivity contribution in [2.75, 3.05) is 13.1 Å². The van der Waals surface area contributed by atoms with Crippen LogP contribution in [0.5, 0.6) is 0 Å². The van der Waals surface area contributed by atoms with Crippen LogP contribution in [0.2, 0.25) is 0 Å². The normalized spacial score (nSPS) is 20.3. The highest BCUT2D eigenvalue weighted by molar-refractivity contribution is 7.08. The van der Waals surface area contributed by atoms with Crippen molar-refractivity contribution in [2.24, 2.45) is 0 Å². The predicted molar refractivity (Wildman–Crippen MR) is 83.7 cm³/mol. The van der Waals surface area contributed by atoms with Crippen LogP contribution in [-0.2, 0) is 15.1 Å². The van der Waals surface area contributed by atoms with Crippen molar-refractivity contribution in [1.82, 2.24) is 20.9 Å². The van der Waals surface area contributed by atoms with E-state index in [0.717, 1.165) is 11.3 Å². The van der Waals surface area contributed by atoms with E-state index in [1.807, 2.05) is 6.92 Å². The summed E-state index contributed by atoms with van der Waals surface area (Å²) in [5, 5.41) is 10.7. The number of thiophene rings is 1. The number of nitrogens with one attached hydrogen (secondary N) is 3. The van der Waals surface area contributed by atoms with Gasteiger partial charge in [0, 0.05) is 6.54 Å². The molecule has 0 aliphatic carbocycles. The van der Waals surface area contributed by atoms with Gasteiger partial charge in [0.1, 0.15) is 12.1 Å². The van der Waals surface area contributed by atoms with Gasteiger partial charge < -0.3 is 10.6 Å². The molecule has 1 saturated heterocycles. The summed E-state index contributed by atoms with van der Waals surface area (Å²) in [6.07, 6.45) is 0.730. The van der Waals surface area contributed by atoms with Gasteiger partial charge in [0.15, 0.2) is 0 Å². The fraction of sp³-hybridized carbons (Fsp3) is 0.429. The van der Waals surface area contributed by atoms with Crippen LogP contribution in [0.3, 0.4) is 0 Å². The molecule has 6 amide bonds. The van der Waals surface area contributed by atoms with E-state index < -0.39 is 36.0 Å². The Kier molecular flexibility index (Phi) is 4.99. The molecule has 0 spiro atoms. The highest BCUT2D eigenvalue weighted by Gasteiger charge is 2.49. The first kappa shape index (κ1) is 16.9. The number of imide groups is 2. The topological polar surface area (TPSA) is 108 Å². The molecule has 0 aromatic carbocycles. The molecule has 1 unspecified atom stereocenters. The molecule has 2 heterocycles. The third-order valence-corrected chi connectivity index (χ3v) is 4.15. The van der Waals surface area contributed by atoms with Gasteiger partial charge in [-0.25, -0.2) is 9.59 Å². The van der Waals surface area contributed by atoms with E-state index >= 15 is 0 Å². The highest BCUT2D eigenvalue weighted by atomic mass is 32.1. The number of carbonyl (C=O) groups excluding carboxylic acids is 4. The van der Waals surface area contributed by atoms with Gasteiger partial charge in [-0.05, 0) is 35.7 Å². The van der Waals surface area contributed by atoms with E-state index in [0.29, 0.717) is 12.1 Å². The van der Waals surface area contributed by atoms with Crippen LogP contribution in [0.25, 0.3) is 0 Å². The first-order valence-corrected chi connectivity index (χ1v) is 8.07. The Hall–Kier alpha value is -2.42. The maximum absolute atomic E-state index is 12.5. The summed E-state index contributed by atoms with van der Waals surface area (Å²) in [4.78, 5) is 48.5. The molecular formula is C14H18N4O4S. The van der Waals surface area contributed by atoms with Gasteiger partial charge in [-0.3, -0.25) is 19.8 Å². The van der Waals surface area contributed by atoms with E-state index in [9.17, 15) is 19.2 Å². The average molecular weight is 338 g/mol. The second kappa shape index (κ2) is 6.78. The summed E-state index contributed by atoms with van der Waals surface area (Å²) in [5.74, 6) is -1.25. The van der Waals surface area contributed by atoms with Crippen LogP contribution >= 0.6 is 11.3 Å². The first-order chi connectivity index (χ1) is 10.9. The lowest BCUT2D eigenvalue weighted by Crippen LogP contribution is -2.47. The zero-order valence-electron chi connectivity index (χ0n) is 12.8. The van der Waals surface area contributed by atoms with E-state index in [1.165, 1.54) is 11.3 Å². The van der Waals surface area contributed by atoms with E-state index in [-0.39, 0.29) is 0 Å². The van der Waals surface area contributed by atoms with Crippen LogP contribution in [0.15, 0.2) is 16.8 Å². The number of nitrogens with zero attached hydrogens (tertiary/aromatic N) is 1. The van der Waals surface area contributed by atoms with Gasteiger partial charge >= 0.3 is 12.1 Å². The molecule has 3 N–H and O–H groups in total. The van der Waals surface area contributed by atoms with Crippen molar-refractivity contribution >= 4 is 35.2 Å².